The molecule has 1 unspecified atom stereocenters. The molecule has 1 saturated heterocycles. The zero-order valence-corrected chi connectivity index (χ0v) is 6.99. The van der Waals surface area contributed by atoms with Crippen LogP contribution in [0.25, 0.3) is 0 Å². The van der Waals surface area contributed by atoms with E-state index >= 15 is 0 Å². The van der Waals surface area contributed by atoms with Gasteiger partial charge in [0.25, 0.3) is 0 Å². The molecule has 12 heavy (non-hydrogen) atoms. The van der Waals surface area contributed by atoms with Gasteiger partial charge in [-0.15, -0.1) is 0 Å². The van der Waals surface area contributed by atoms with E-state index in [1.807, 2.05) is 6.07 Å². The molecule has 0 aliphatic carbocycles. The normalized spacial score (nSPS) is 22.8. The lowest BCUT2D eigenvalue weighted by Gasteiger charge is -2.07. The average Bonchev–Trinajstić information content (AvgIpc) is 2.59. The van der Waals surface area contributed by atoms with Crippen LogP contribution < -0.4 is 5.32 Å². The van der Waals surface area contributed by atoms with Crippen LogP contribution in [0.2, 0.25) is 0 Å². The van der Waals surface area contributed by atoms with E-state index in [2.05, 4.69) is 29.6 Å². The predicted octanol–water partition coefficient (Wildman–Crippen LogP) is 1.18. The molecule has 0 bridgehead atoms. The molecule has 1 N–H and O–H groups in total. The SMILES string of the molecule is c1ccc(CC2CNCO2)cc1. The Morgan fingerprint density at radius 3 is 2.83 bits per heavy atom. The minimum Gasteiger partial charge on any atom is -0.361 e. The summed E-state index contributed by atoms with van der Waals surface area (Å²) in [6.45, 7) is 1.69. The fraction of sp³-hybridized carbons (Fsp3) is 0.400. The highest BCUT2D eigenvalue weighted by atomic mass is 16.5. The Morgan fingerprint density at radius 2 is 2.17 bits per heavy atom. The van der Waals surface area contributed by atoms with E-state index in [0.29, 0.717) is 12.8 Å². The van der Waals surface area contributed by atoms with Crippen LogP contribution in [-0.2, 0) is 11.2 Å². The zero-order chi connectivity index (χ0) is 8.23. The van der Waals surface area contributed by atoms with Crippen molar-refractivity contribution >= 4 is 0 Å². The summed E-state index contributed by atoms with van der Waals surface area (Å²) in [7, 11) is 0. The molecule has 1 aromatic carbocycles. The Balaban J connectivity index is 1.94. The van der Waals surface area contributed by atoms with E-state index in [1.165, 1.54) is 5.56 Å². The first kappa shape index (κ1) is 7.77. The summed E-state index contributed by atoms with van der Waals surface area (Å²) in [5.41, 5.74) is 1.35. The van der Waals surface area contributed by atoms with Crippen molar-refractivity contribution in [1.29, 1.82) is 0 Å². The summed E-state index contributed by atoms with van der Waals surface area (Å²) in [5.74, 6) is 0. The van der Waals surface area contributed by atoms with Crippen molar-refractivity contribution in [3.63, 3.8) is 0 Å². The van der Waals surface area contributed by atoms with Gasteiger partial charge in [-0.1, -0.05) is 30.3 Å². The molecule has 1 aromatic rings. The average molecular weight is 163 g/mol. The third kappa shape index (κ3) is 1.84. The highest BCUT2D eigenvalue weighted by molar-refractivity contribution is 5.15. The van der Waals surface area contributed by atoms with Crippen LogP contribution in [-0.4, -0.2) is 19.4 Å². The first-order chi connectivity index (χ1) is 5.95. The molecular formula is C10H13NO. The lowest BCUT2D eigenvalue weighted by atomic mass is 10.1. The Hall–Kier alpha value is -0.860. The molecule has 0 radical (unpaired) electrons. The van der Waals surface area contributed by atoms with E-state index in [0.717, 1.165) is 13.0 Å². The molecular weight excluding hydrogens is 150 g/mol. The van der Waals surface area contributed by atoms with Gasteiger partial charge >= 0.3 is 0 Å². The van der Waals surface area contributed by atoms with Crippen LogP contribution in [0, 0.1) is 0 Å². The number of nitrogens with one attached hydrogen (secondary N) is 1. The van der Waals surface area contributed by atoms with Gasteiger partial charge in [0, 0.05) is 6.54 Å². The molecule has 1 heterocycles. The molecule has 1 fully saturated rings. The van der Waals surface area contributed by atoms with Crippen molar-refractivity contribution < 1.29 is 4.74 Å². The summed E-state index contributed by atoms with van der Waals surface area (Å²) >= 11 is 0. The van der Waals surface area contributed by atoms with Gasteiger partial charge in [0.1, 0.15) is 0 Å². The second-order valence-corrected chi connectivity index (χ2v) is 3.08. The Kier molecular flexibility index (Phi) is 2.39. The van der Waals surface area contributed by atoms with Crippen LogP contribution in [0.1, 0.15) is 5.56 Å². The maximum Gasteiger partial charge on any atom is 0.0970 e. The minimum atomic E-state index is 0.368. The highest BCUT2D eigenvalue weighted by Gasteiger charge is 2.14. The van der Waals surface area contributed by atoms with E-state index in [-0.39, 0.29) is 0 Å². The van der Waals surface area contributed by atoms with Gasteiger partial charge in [-0.2, -0.15) is 0 Å². The molecule has 0 amide bonds. The zero-order valence-electron chi connectivity index (χ0n) is 6.99. The van der Waals surface area contributed by atoms with Gasteiger partial charge in [-0.3, -0.25) is 5.32 Å². The minimum absolute atomic E-state index is 0.368. The first-order valence-electron chi connectivity index (χ1n) is 4.31. The van der Waals surface area contributed by atoms with Crippen molar-refractivity contribution in [2.24, 2.45) is 0 Å². The van der Waals surface area contributed by atoms with E-state index in [9.17, 15) is 0 Å². The lowest BCUT2D eigenvalue weighted by Crippen LogP contribution is -2.16. The maximum atomic E-state index is 5.45. The van der Waals surface area contributed by atoms with Crippen molar-refractivity contribution in [2.45, 2.75) is 12.5 Å². The van der Waals surface area contributed by atoms with Gasteiger partial charge in [0.15, 0.2) is 0 Å². The summed E-state index contributed by atoms with van der Waals surface area (Å²) in [5, 5.41) is 3.17. The Bertz CT molecular complexity index is 229. The van der Waals surface area contributed by atoms with Crippen LogP contribution in [0.3, 0.4) is 0 Å². The van der Waals surface area contributed by atoms with E-state index in [4.69, 9.17) is 4.74 Å². The van der Waals surface area contributed by atoms with Gasteiger partial charge < -0.3 is 4.74 Å². The fourth-order valence-corrected chi connectivity index (χ4v) is 1.46. The number of ether oxygens (including phenoxy) is 1. The monoisotopic (exact) mass is 163 g/mol. The van der Waals surface area contributed by atoms with E-state index in [1.54, 1.807) is 0 Å². The van der Waals surface area contributed by atoms with E-state index < -0.39 is 0 Å². The smallest absolute Gasteiger partial charge is 0.0970 e. The molecule has 0 spiro atoms. The molecule has 1 aliphatic heterocycles. The standard InChI is InChI=1S/C10H13NO/c1-2-4-9(5-3-1)6-10-7-11-8-12-10/h1-5,10-11H,6-8H2. The number of hydrogen-bond donors (Lipinski definition) is 1. The molecule has 1 atom stereocenters. The molecule has 0 saturated carbocycles. The topological polar surface area (TPSA) is 21.3 Å². The molecule has 2 heteroatoms. The quantitative estimate of drug-likeness (QED) is 0.706. The van der Waals surface area contributed by atoms with Crippen molar-refractivity contribution in [3.8, 4) is 0 Å². The predicted molar refractivity (Wildman–Crippen MR) is 47.9 cm³/mol. The molecule has 0 aromatic heterocycles. The number of hydrogen-bond acceptors (Lipinski definition) is 2. The Morgan fingerprint density at radius 1 is 1.33 bits per heavy atom. The third-order valence-electron chi connectivity index (χ3n) is 2.10. The van der Waals surface area contributed by atoms with Gasteiger partial charge in [0.2, 0.25) is 0 Å². The van der Waals surface area contributed by atoms with Crippen molar-refractivity contribution in [3.05, 3.63) is 35.9 Å². The second kappa shape index (κ2) is 3.70. The van der Waals surface area contributed by atoms with Gasteiger partial charge in [-0.05, 0) is 12.0 Å². The van der Waals surface area contributed by atoms with Crippen molar-refractivity contribution in [2.75, 3.05) is 13.3 Å². The van der Waals surface area contributed by atoms with Crippen molar-refractivity contribution in [1.82, 2.24) is 5.32 Å². The van der Waals surface area contributed by atoms with Gasteiger partial charge in [0.05, 0.1) is 12.8 Å². The maximum absolute atomic E-state index is 5.45. The molecule has 64 valence electrons. The largest absolute Gasteiger partial charge is 0.361 e. The van der Waals surface area contributed by atoms with Crippen LogP contribution in [0.4, 0.5) is 0 Å². The molecule has 1 aliphatic rings. The second-order valence-electron chi connectivity index (χ2n) is 3.08. The molecule has 2 rings (SSSR count). The lowest BCUT2D eigenvalue weighted by molar-refractivity contribution is 0.114. The number of rotatable bonds is 2. The summed E-state index contributed by atoms with van der Waals surface area (Å²) in [4.78, 5) is 0. The Labute approximate surface area is 72.5 Å². The van der Waals surface area contributed by atoms with Crippen LogP contribution in [0.15, 0.2) is 30.3 Å². The van der Waals surface area contributed by atoms with Gasteiger partial charge in [-0.25, -0.2) is 0 Å². The fourth-order valence-electron chi connectivity index (χ4n) is 1.46. The summed E-state index contributed by atoms with van der Waals surface area (Å²) in [6, 6.07) is 10.5. The summed E-state index contributed by atoms with van der Waals surface area (Å²) in [6.07, 6.45) is 1.39. The first-order valence-corrected chi connectivity index (χ1v) is 4.31. The highest BCUT2D eigenvalue weighted by Crippen LogP contribution is 2.07. The van der Waals surface area contributed by atoms with Crippen LogP contribution in [0.5, 0.6) is 0 Å². The number of benzene rings is 1. The third-order valence-corrected chi connectivity index (χ3v) is 2.10. The summed E-state index contributed by atoms with van der Waals surface area (Å²) < 4.78 is 5.45. The molecule has 2 nitrogen and oxygen atoms in total. The van der Waals surface area contributed by atoms with Crippen LogP contribution >= 0.6 is 0 Å².